The van der Waals surface area contributed by atoms with Crippen LogP contribution in [0.3, 0.4) is 0 Å². The number of rotatable bonds is 7. The van der Waals surface area contributed by atoms with E-state index in [-0.39, 0.29) is 11.8 Å². The van der Waals surface area contributed by atoms with Crippen molar-refractivity contribution in [3.05, 3.63) is 77.5 Å². The molecule has 2 aromatic carbocycles. The average Bonchev–Trinajstić information content (AvgIpc) is 2.83. The van der Waals surface area contributed by atoms with Crippen LogP contribution in [0.15, 0.2) is 70.7 Å². The molecule has 0 spiro atoms. The van der Waals surface area contributed by atoms with E-state index in [0.29, 0.717) is 41.7 Å². The van der Waals surface area contributed by atoms with Gasteiger partial charge < -0.3 is 15.4 Å². The fraction of sp³-hybridized carbons (Fsp3) is 0.269. The predicted octanol–water partition coefficient (Wildman–Crippen LogP) is 4.37. The first-order chi connectivity index (χ1) is 16.5. The molecule has 0 saturated carbocycles. The molecule has 2 amide bonds. The molecule has 0 aliphatic carbocycles. The van der Waals surface area contributed by atoms with E-state index in [0.717, 1.165) is 29.1 Å². The van der Waals surface area contributed by atoms with Gasteiger partial charge in [0.25, 0.3) is 5.91 Å². The lowest BCUT2D eigenvalue weighted by atomic mass is 10.2. The highest BCUT2D eigenvalue weighted by Crippen LogP contribution is 2.32. The van der Waals surface area contributed by atoms with Gasteiger partial charge in [-0.2, -0.15) is 0 Å². The van der Waals surface area contributed by atoms with Crippen LogP contribution in [0.1, 0.15) is 21.5 Å². The molecule has 0 bridgehead atoms. The van der Waals surface area contributed by atoms with Crippen LogP contribution in [0.2, 0.25) is 0 Å². The number of aromatic nitrogens is 1. The van der Waals surface area contributed by atoms with Crippen LogP contribution in [-0.2, 0) is 9.53 Å². The number of aryl methyl sites for hydroxylation is 2. The summed E-state index contributed by atoms with van der Waals surface area (Å²) in [6, 6.07) is 16.9. The second-order valence-electron chi connectivity index (χ2n) is 8.20. The summed E-state index contributed by atoms with van der Waals surface area (Å²) in [7, 11) is 0. The summed E-state index contributed by atoms with van der Waals surface area (Å²) in [4.78, 5) is 32.9. The molecule has 176 valence electrons. The Labute approximate surface area is 203 Å². The van der Waals surface area contributed by atoms with Crippen LogP contribution in [0, 0.1) is 13.8 Å². The summed E-state index contributed by atoms with van der Waals surface area (Å²) in [5, 5.41) is 6.48. The zero-order valence-electron chi connectivity index (χ0n) is 19.3. The molecular weight excluding hydrogens is 448 g/mol. The van der Waals surface area contributed by atoms with Crippen LogP contribution < -0.4 is 10.6 Å². The molecule has 2 heterocycles. The van der Waals surface area contributed by atoms with Gasteiger partial charge in [0, 0.05) is 35.6 Å². The highest BCUT2D eigenvalue weighted by molar-refractivity contribution is 7.99. The van der Waals surface area contributed by atoms with E-state index < -0.39 is 0 Å². The van der Waals surface area contributed by atoms with E-state index in [4.69, 9.17) is 4.74 Å². The number of carbonyl (C=O) groups is 2. The second kappa shape index (κ2) is 11.3. The van der Waals surface area contributed by atoms with Gasteiger partial charge >= 0.3 is 0 Å². The first-order valence-electron chi connectivity index (χ1n) is 11.2. The lowest BCUT2D eigenvalue weighted by molar-refractivity contribution is -0.118. The van der Waals surface area contributed by atoms with Gasteiger partial charge in [0.2, 0.25) is 5.91 Å². The zero-order chi connectivity index (χ0) is 23.9. The number of nitrogens with one attached hydrogen (secondary N) is 2. The second-order valence-corrected chi connectivity index (χ2v) is 9.23. The third-order valence-corrected chi connectivity index (χ3v) is 6.64. The number of benzene rings is 2. The van der Waals surface area contributed by atoms with Crippen LogP contribution in [-0.4, -0.2) is 54.5 Å². The largest absolute Gasteiger partial charge is 0.379 e. The normalized spacial score (nSPS) is 13.9. The number of amides is 2. The van der Waals surface area contributed by atoms with Gasteiger partial charge in [-0.25, -0.2) is 4.98 Å². The minimum Gasteiger partial charge on any atom is -0.379 e. The number of pyridine rings is 1. The molecule has 0 atom stereocenters. The van der Waals surface area contributed by atoms with Crippen molar-refractivity contribution in [2.45, 2.75) is 23.8 Å². The number of ether oxygens (including phenoxy) is 1. The maximum Gasteiger partial charge on any atom is 0.258 e. The van der Waals surface area contributed by atoms with E-state index in [1.54, 1.807) is 42.6 Å². The van der Waals surface area contributed by atoms with E-state index >= 15 is 0 Å². The third kappa shape index (κ3) is 6.44. The highest BCUT2D eigenvalue weighted by Gasteiger charge is 2.16. The van der Waals surface area contributed by atoms with Crippen molar-refractivity contribution in [1.82, 2.24) is 9.88 Å². The van der Waals surface area contributed by atoms with Crippen molar-refractivity contribution in [2.75, 3.05) is 43.5 Å². The molecule has 1 aliphatic heterocycles. The van der Waals surface area contributed by atoms with Crippen LogP contribution >= 0.6 is 11.8 Å². The summed E-state index contributed by atoms with van der Waals surface area (Å²) in [5.41, 5.74) is 4.13. The summed E-state index contributed by atoms with van der Waals surface area (Å²) >= 11 is 1.49. The Kier molecular flexibility index (Phi) is 7.95. The van der Waals surface area contributed by atoms with Gasteiger partial charge in [-0.15, -0.1) is 0 Å². The molecule has 1 aromatic heterocycles. The Hall–Kier alpha value is -3.20. The van der Waals surface area contributed by atoms with Crippen molar-refractivity contribution in [2.24, 2.45) is 0 Å². The Balaban J connectivity index is 1.38. The van der Waals surface area contributed by atoms with E-state index in [2.05, 4.69) is 38.7 Å². The molecule has 3 aromatic rings. The SMILES string of the molecule is Cc1ccc(C)c(Sc2ncccc2C(=O)Nc2ccc(NC(=O)CN3CCOCC3)cc2)c1. The number of hydrogen-bond donors (Lipinski definition) is 2. The van der Waals surface area contributed by atoms with Gasteiger partial charge in [-0.1, -0.05) is 23.9 Å². The maximum atomic E-state index is 13.0. The molecule has 1 fully saturated rings. The Morgan fingerprint density at radius 2 is 1.71 bits per heavy atom. The molecule has 1 saturated heterocycles. The smallest absolute Gasteiger partial charge is 0.258 e. The number of nitrogens with zero attached hydrogens (tertiary/aromatic N) is 2. The van der Waals surface area contributed by atoms with Crippen molar-refractivity contribution in [3.8, 4) is 0 Å². The highest BCUT2D eigenvalue weighted by atomic mass is 32.2. The topological polar surface area (TPSA) is 83.6 Å². The molecule has 0 radical (unpaired) electrons. The van der Waals surface area contributed by atoms with Gasteiger partial charge in [0.1, 0.15) is 5.03 Å². The minimum atomic E-state index is -0.231. The van der Waals surface area contributed by atoms with E-state index in [1.165, 1.54) is 11.8 Å². The molecule has 8 heteroatoms. The number of morpholine rings is 1. The fourth-order valence-corrected chi connectivity index (χ4v) is 4.63. The average molecular weight is 477 g/mol. The van der Waals surface area contributed by atoms with Crippen LogP contribution in [0.5, 0.6) is 0 Å². The molecule has 34 heavy (non-hydrogen) atoms. The van der Waals surface area contributed by atoms with Crippen LogP contribution in [0.25, 0.3) is 0 Å². The predicted molar refractivity (Wildman–Crippen MR) is 135 cm³/mol. The number of carbonyl (C=O) groups excluding carboxylic acids is 2. The lowest BCUT2D eigenvalue weighted by Gasteiger charge is -2.25. The summed E-state index contributed by atoms with van der Waals surface area (Å²) in [6.45, 7) is 7.26. The molecule has 1 aliphatic rings. The Bertz CT molecular complexity index is 1160. The Morgan fingerprint density at radius 1 is 1.00 bits per heavy atom. The van der Waals surface area contributed by atoms with Crippen molar-refractivity contribution < 1.29 is 14.3 Å². The Morgan fingerprint density at radius 3 is 2.44 bits per heavy atom. The first kappa shape index (κ1) is 23.9. The molecule has 4 rings (SSSR count). The maximum absolute atomic E-state index is 13.0. The quantitative estimate of drug-likeness (QED) is 0.527. The number of hydrogen-bond acceptors (Lipinski definition) is 6. The van der Waals surface area contributed by atoms with Crippen molar-refractivity contribution in [3.63, 3.8) is 0 Å². The van der Waals surface area contributed by atoms with Gasteiger partial charge in [0.15, 0.2) is 0 Å². The summed E-state index contributed by atoms with van der Waals surface area (Å²) < 4.78 is 5.31. The molecule has 0 unspecified atom stereocenters. The summed E-state index contributed by atoms with van der Waals surface area (Å²) in [6.07, 6.45) is 1.69. The standard InChI is InChI=1S/C26H28N4O3S/c1-18-5-6-19(2)23(16-18)34-26-22(4-3-11-27-26)25(32)29-21-9-7-20(8-10-21)28-24(31)17-30-12-14-33-15-13-30/h3-11,16H,12-15,17H2,1-2H3,(H,28,31)(H,29,32). The molecular formula is C26H28N4O3S. The monoisotopic (exact) mass is 476 g/mol. The zero-order valence-corrected chi connectivity index (χ0v) is 20.2. The van der Waals surface area contributed by atoms with Gasteiger partial charge in [-0.3, -0.25) is 14.5 Å². The molecule has 7 nitrogen and oxygen atoms in total. The molecule has 2 N–H and O–H groups in total. The number of anilines is 2. The minimum absolute atomic E-state index is 0.0674. The van der Waals surface area contributed by atoms with Crippen molar-refractivity contribution in [1.29, 1.82) is 0 Å². The summed E-state index contributed by atoms with van der Waals surface area (Å²) in [5.74, 6) is -0.299. The first-order valence-corrected chi connectivity index (χ1v) is 12.0. The van der Waals surface area contributed by atoms with Gasteiger partial charge in [0.05, 0.1) is 25.3 Å². The van der Waals surface area contributed by atoms with Crippen molar-refractivity contribution >= 4 is 35.0 Å². The van der Waals surface area contributed by atoms with Gasteiger partial charge in [-0.05, 0) is 67.4 Å². The van der Waals surface area contributed by atoms with E-state index in [1.807, 2.05) is 13.8 Å². The lowest BCUT2D eigenvalue weighted by Crippen LogP contribution is -2.41. The fourth-order valence-electron chi connectivity index (χ4n) is 3.56. The van der Waals surface area contributed by atoms with Crippen LogP contribution in [0.4, 0.5) is 11.4 Å². The van der Waals surface area contributed by atoms with E-state index in [9.17, 15) is 9.59 Å². The third-order valence-electron chi connectivity index (χ3n) is 5.46.